The molecule has 1 heterocycles. The van der Waals surface area contributed by atoms with Gasteiger partial charge in [-0.1, -0.05) is 32.6 Å². The molecule has 1 atom stereocenters. The van der Waals surface area contributed by atoms with Gasteiger partial charge in [0, 0.05) is 0 Å². The average molecular weight is 225 g/mol. The molecule has 0 bridgehead atoms. The normalized spacial score (nSPS) is 12.4. The van der Waals surface area contributed by atoms with Crippen LogP contribution in [0.1, 0.15) is 39.0 Å². The number of hydrogen-bond donors (Lipinski definition) is 1. The molecule has 0 saturated carbocycles. The Labute approximate surface area is 95.9 Å². The lowest BCUT2D eigenvalue weighted by molar-refractivity contribution is 0.0924. The number of aromatic nitrogens is 3. The zero-order valence-corrected chi connectivity index (χ0v) is 9.67. The van der Waals surface area contributed by atoms with Crippen LogP contribution in [0.2, 0.25) is 0 Å². The summed E-state index contributed by atoms with van der Waals surface area (Å²) in [5.41, 5.74) is 0. The van der Waals surface area contributed by atoms with Crippen LogP contribution in [0.5, 0.6) is 6.01 Å². The minimum atomic E-state index is -0.436. The Hall–Kier alpha value is -1.23. The van der Waals surface area contributed by atoms with E-state index in [2.05, 4.69) is 21.9 Å². The van der Waals surface area contributed by atoms with Crippen molar-refractivity contribution in [2.24, 2.45) is 0 Å². The lowest BCUT2D eigenvalue weighted by atomic mass is 10.1. The summed E-state index contributed by atoms with van der Waals surface area (Å²) in [6.45, 7) is 2.41. The van der Waals surface area contributed by atoms with Gasteiger partial charge >= 0.3 is 6.01 Å². The van der Waals surface area contributed by atoms with Gasteiger partial charge in [-0.05, 0) is 6.42 Å². The van der Waals surface area contributed by atoms with E-state index in [1.165, 1.54) is 31.9 Å². The standard InChI is InChI=1S/C11H19N3O2/c1-2-3-4-5-6-10(15)7-16-11-13-8-12-9-14-11/h8-10,15H,2-7H2,1H3. The number of unbranched alkanes of at least 4 members (excludes halogenated alkanes) is 3. The van der Waals surface area contributed by atoms with Crippen molar-refractivity contribution < 1.29 is 9.84 Å². The Morgan fingerprint density at radius 1 is 1.25 bits per heavy atom. The van der Waals surface area contributed by atoms with E-state index in [0.717, 1.165) is 12.8 Å². The highest BCUT2D eigenvalue weighted by atomic mass is 16.5. The van der Waals surface area contributed by atoms with E-state index in [-0.39, 0.29) is 12.6 Å². The maximum absolute atomic E-state index is 9.61. The van der Waals surface area contributed by atoms with Crippen molar-refractivity contribution in [2.45, 2.75) is 45.1 Å². The molecule has 0 fully saturated rings. The third-order valence-electron chi connectivity index (χ3n) is 2.27. The highest BCUT2D eigenvalue weighted by Gasteiger charge is 2.05. The summed E-state index contributed by atoms with van der Waals surface area (Å²) in [6.07, 6.45) is 7.71. The molecule has 1 N–H and O–H groups in total. The van der Waals surface area contributed by atoms with Gasteiger partial charge in [-0.2, -0.15) is 9.97 Å². The maximum atomic E-state index is 9.61. The summed E-state index contributed by atoms with van der Waals surface area (Å²) in [6, 6.07) is 0.266. The fourth-order valence-electron chi connectivity index (χ4n) is 1.36. The molecule has 0 radical (unpaired) electrons. The van der Waals surface area contributed by atoms with Crippen molar-refractivity contribution in [3.05, 3.63) is 12.7 Å². The monoisotopic (exact) mass is 225 g/mol. The number of ether oxygens (including phenoxy) is 1. The van der Waals surface area contributed by atoms with Crippen LogP contribution in [0, 0.1) is 0 Å². The molecule has 16 heavy (non-hydrogen) atoms. The first-order chi connectivity index (χ1) is 7.83. The van der Waals surface area contributed by atoms with Crippen molar-refractivity contribution in [3.63, 3.8) is 0 Å². The summed E-state index contributed by atoms with van der Waals surface area (Å²) in [4.78, 5) is 11.3. The second kappa shape index (κ2) is 7.98. The number of hydrogen-bond acceptors (Lipinski definition) is 5. The van der Waals surface area contributed by atoms with Crippen LogP contribution in [0.3, 0.4) is 0 Å². The van der Waals surface area contributed by atoms with Gasteiger partial charge in [0.25, 0.3) is 0 Å². The summed E-state index contributed by atoms with van der Waals surface area (Å²) in [5.74, 6) is 0. The minimum Gasteiger partial charge on any atom is -0.461 e. The van der Waals surface area contributed by atoms with E-state index in [0.29, 0.717) is 0 Å². The lowest BCUT2D eigenvalue weighted by Crippen LogP contribution is -2.18. The van der Waals surface area contributed by atoms with Crippen molar-refractivity contribution in [1.29, 1.82) is 0 Å². The molecule has 0 saturated heterocycles. The average Bonchev–Trinajstić information content (AvgIpc) is 2.33. The fourth-order valence-corrected chi connectivity index (χ4v) is 1.36. The van der Waals surface area contributed by atoms with Crippen LogP contribution in [0.25, 0.3) is 0 Å². The molecule has 0 aliphatic rings. The molecule has 5 nitrogen and oxygen atoms in total. The summed E-state index contributed by atoms with van der Waals surface area (Å²) in [7, 11) is 0. The number of rotatable bonds is 8. The number of aliphatic hydroxyl groups excluding tert-OH is 1. The zero-order valence-electron chi connectivity index (χ0n) is 9.67. The molecular weight excluding hydrogens is 206 g/mol. The van der Waals surface area contributed by atoms with Crippen molar-refractivity contribution >= 4 is 0 Å². The van der Waals surface area contributed by atoms with Crippen molar-refractivity contribution in [1.82, 2.24) is 15.0 Å². The first kappa shape index (κ1) is 12.8. The minimum absolute atomic E-state index is 0.246. The Morgan fingerprint density at radius 2 is 2.00 bits per heavy atom. The van der Waals surface area contributed by atoms with Crippen LogP contribution < -0.4 is 4.74 Å². The quantitative estimate of drug-likeness (QED) is 0.680. The van der Waals surface area contributed by atoms with E-state index >= 15 is 0 Å². The van der Waals surface area contributed by atoms with E-state index in [4.69, 9.17) is 4.74 Å². The van der Waals surface area contributed by atoms with E-state index in [1.54, 1.807) is 0 Å². The molecule has 0 aliphatic heterocycles. The fraction of sp³-hybridized carbons (Fsp3) is 0.727. The van der Waals surface area contributed by atoms with Crippen molar-refractivity contribution in [2.75, 3.05) is 6.61 Å². The van der Waals surface area contributed by atoms with E-state index in [9.17, 15) is 5.11 Å². The summed E-state index contributed by atoms with van der Waals surface area (Å²) < 4.78 is 5.21. The number of nitrogens with zero attached hydrogens (tertiary/aromatic N) is 3. The van der Waals surface area contributed by atoms with Crippen LogP contribution in [-0.2, 0) is 0 Å². The summed E-state index contributed by atoms with van der Waals surface area (Å²) >= 11 is 0. The van der Waals surface area contributed by atoms with Crippen LogP contribution in [0.15, 0.2) is 12.7 Å². The molecule has 1 rings (SSSR count). The maximum Gasteiger partial charge on any atom is 0.319 e. The molecule has 0 aliphatic carbocycles. The van der Waals surface area contributed by atoms with Gasteiger partial charge in [-0.25, -0.2) is 4.98 Å². The van der Waals surface area contributed by atoms with Gasteiger partial charge in [0.1, 0.15) is 19.3 Å². The molecular formula is C11H19N3O2. The SMILES string of the molecule is CCCCCCC(O)COc1ncncn1. The molecule has 0 spiro atoms. The highest BCUT2D eigenvalue weighted by molar-refractivity contribution is 4.87. The first-order valence-electron chi connectivity index (χ1n) is 5.75. The molecule has 1 aromatic rings. The Morgan fingerprint density at radius 3 is 2.69 bits per heavy atom. The highest BCUT2D eigenvalue weighted by Crippen LogP contribution is 2.06. The molecule has 5 heteroatoms. The van der Waals surface area contributed by atoms with Gasteiger partial charge < -0.3 is 9.84 Å². The van der Waals surface area contributed by atoms with Gasteiger partial charge in [0.05, 0.1) is 6.10 Å². The third-order valence-corrected chi connectivity index (χ3v) is 2.27. The predicted octanol–water partition coefficient (Wildman–Crippen LogP) is 1.58. The molecule has 90 valence electrons. The second-order valence-electron chi connectivity index (χ2n) is 3.73. The smallest absolute Gasteiger partial charge is 0.319 e. The van der Waals surface area contributed by atoms with Crippen LogP contribution in [0.4, 0.5) is 0 Å². The van der Waals surface area contributed by atoms with Crippen molar-refractivity contribution in [3.8, 4) is 6.01 Å². The largest absolute Gasteiger partial charge is 0.461 e. The van der Waals surface area contributed by atoms with Crippen LogP contribution >= 0.6 is 0 Å². The molecule has 0 amide bonds. The van der Waals surface area contributed by atoms with E-state index in [1.807, 2.05) is 0 Å². The van der Waals surface area contributed by atoms with Gasteiger partial charge in [-0.3, -0.25) is 0 Å². The molecule has 1 unspecified atom stereocenters. The van der Waals surface area contributed by atoms with Gasteiger partial charge in [-0.15, -0.1) is 0 Å². The number of aliphatic hydroxyl groups is 1. The zero-order chi connectivity index (χ0) is 11.6. The Bertz CT molecular complexity index is 269. The molecule has 0 aromatic carbocycles. The lowest BCUT2D eigenvalue weighted by Gasteiger charge is -2.10. The van der Waals surface area contributed by atoms with Gasteiger partial charge in [0.15, 0.2) is 0 Å². The third kappa shape index (κ3) is 5.60. The second-order valence-corrected chi connectivity index (χ2v) is 3.73. The van der Waals surface area contributed by atoms with Gasteiger partial charge in [0.2, 0.25) is 0 Å². The predicted molar refractivity (Wildman–Crippen MR) is 60.1 cm³/mol. The molecule has 1 aromatic heterocycles. The summed E-state index contributed by atoms with van der Waals surface area (Å²) in [5, 5.41) is 9.61. The Kier molecular flexibility index (Phi) is 6.41. The topological polar surface area (TPSA) is 68.1 Å². The Balaban J connectivity index is 2.08. The first-order valence-corrected chi connectivity index (χ1v) is 5.75. The van der Waals surface area contributed by atoms with E-state index < -0.39 is 6.10 Å². The van der Waals surface area contributed by atoms with Crippen LogP contribution in [-0.4, -0.2) is 32.8 Å².